The van der Waals surface area contributed by atoms with Gasteiger partial charge in [-0.15, -0.1) is 0 Å². The average molecular weight is 280 g/mol. The van der Waals surface area contributed by atoms with Gasteiger partial charge in [-0.05, 0) is 51.6 Å². The van der Waals surface area contributed by atoms with Crippen LogP contribution in [0.5, 0.6) is 0 Å². The summed E-state index contributed by atoms with van der Waals surface area (Å²) < 4.78 is 5.48. The van der Waals surface area contributed by atoms with Gasteiger partial charge in [-0.25, -0.2) is 0 Å². The molecule has 3 aliphatic rings. The van der Waals surface area contributed by atoms with Crippen LogP contribution in [0.25, 0.3) is 0 Å². The van der Waals surface area contributed by atoms with Crippen LogP contribution in [0, 0.1) is 0 Å². The van der Waals surface area contributed by atoms with Gasteiger partial charge in [-0.1, -0.05) is 25.7 Å². The van der Waals surface area contributed by atoms with Crippen LogP contribution in [0.15, 0.2) is 0 Å². The number of nitrogens with zero attached hydrogens (tertiary/aromatic N) is 1. The fourth-order valence-corrected chi connectivity index (χ4v) is 4.42. The van der Waals surface area contributed by atoms with Gasteiger partial charge in [0.1, 0.15) is 0 Å². The number of likely N-dealkylation sites (tertiary alicyclic amines) is 1. The first-order valence-corrected chi connectivity index (χ1v) is 8.95. The van der Waals surface area contributed by atoms with Crippen molar-refractivity contribution in [2.24, 2.45) is 0 Å². The molecule has 0 radical (unpaired) electrons. The van der Waals surface area contributed by atoms with Crippen LogP contribution >= 0.6 is 0 Å². The summed E-state index contributed by atoms with van der Waals surface area (Å²) in [6.07, 6.45) is 13.8. The molecule has 0 aromatic carbocycles. The summed E-state index contributed by atoms with van der Waals surface area (Å²) in [5.41, 5.74) is 0.483. The van der Waals surface area contributed by atoms with E-state index in [9.17, 15) is 0 Å². The molecule has 0 unspecified atom stereocenters. The first-order chi connectivity index (χ1) is 9.89. The molecule has 0 aromatic heterocycles. The lowest BCUT2D eigenvalue weighted by Crippen LogP contribution is -2.58. The highest BCUT2D eigenvalue weighted by Crippen LogP contribution is 2.35. The lowest BCUT2D eigenvalue weighted by molar-refractivity contribution is 0.0235. The maximum atomic E-state index is 5.48. The molecule has 2 aliphatic heterocycles. The van der Waals surface area contributed by atoms with E-state index in [0.717, 1.165) is 13.2 Å². The maximum Gasteiger partial charge on any atom is 0.0480 e. The van der Waals surface area contributed by atoms with E-state index in [0.29, 0.717) is 11.6 Å². The number of rotatable bonds is 4. The predicted octanol–water partition coefficient (Wildman–Crippen LogP) is 2.94. The van der Waals surface area contributed by atoms with Crippen molar-refractivity contribution in [3.63, 3.8) is 0 Å². The Balaban J connectivity index is 1.59. The molecular weight excluding hydrogens is 248 g/mol. The summed E-state index contributed by atoms with van der Waals surface area (Å²) in [4.78, 5) is 2.85. The Bertz CT molecular complexity index is 277. The number of nitrogens with one attached hydrogen (secondary N) is 1. The molecule has 3 heteroatoms. The fourth-order valence-electron chi connectivity index (χ4n) is 4.42. The molecule has 3 nitrogen and oxygen atoms in total. The Morgan fingerprint density at radius 3 is 2.25 bits per heavy atom. The van der Waals surface area contributed by atoms with E-state index in [1.54, 1.807) is 0 Å². The zero-order valence-electron chi connectivity index (χ0n) is 13.0. The summed E-state index contributed by atoms with van der Waals surface area (Å²) in [6, 6.07) is 0.701. The van der Waals surface area contributed by atoms with E-state index < -0.39 is 0 Å². The van der Waals surface area contributed by atoms with Crippen LogP contribution in [0.1, 0.15) is 64.2 Å². The van der Waals surface area contributed by atoms with Crippen molar-refractivity contribution in [1.29, 1.82) is 0 Å². The Kier molecular flexibility index (Phi) is 5.36. The molecule has 3 fully saturated rings. The summed E-state index contributed by atoms with van der Waals surface area (Å²) in [7, 11) is 0. The molecule has 0 bridgehead atoms. The Hall–Kier alpha value is -0.120. The number of hydrogen-bond acceptors (Lipinski definition) is 3. The Morgan fingerprint density at radius 1 is 0.900 bits per heavy atom. The van der Waals surface area contributed by atoms with E-state index in [4.69, 9.17) is 4.74 Å². The van der Waals surface area contributed by atoms with Gasteiger partial charge >= 0.3 is 0 Å². The third-order valence-corrected chi connectivity index (χ3v) is 5.75. The zero-order chi connectivity index (χ0) is 13.7. The smallest absolute Gasteiger partial charge is 0.0480 e. The van der Waals surface area contributed by atoms with Crippen LogP contribution < -0.4 is 5.32 Å². The fraction of sp³-hybridized carbons (Fsp3) is 1.00. The van der Waals surface area contributed by atoms with Gasteiger partial charge < -0.3 is 10.1 Å². The third kappa shape index (κ3) is 3.55. The lowest BCUT2D eigenvalue weighted by atomic mass is 9.79. The Labute approximate surface area is 124 Å². The highest BCUT2D eigenvalue weighted by Gasteiger charge is 2.38. The third-order valence-electron chi connectivity index (χ3n) is 5.75. The van der Waals surface area contributed by atoms with E-state index in [2.05, 4.69) is 10.2 Å². The average Bonchev–Trinajstić information content (AvgIpc) is 2.56. The van der Waals surface area contributed by atoms with Crippen LogP contribution in [0.4, 0.5) is 0 Å². The molecule has 0 spiro atoms. The number of hydrogen-bond donors (Lipinski definition) is 1. The normalized spacial score (nSPS) is 29.4. The SMILES string of the molecule is C1CCN(C2(CNC3CCOCC3)CCCCC2)CC1. The van der Waals surface area contributed by atoms with Crippen molar-refractivity contribution in [3.8, 4) is 0 Å². The van der Waals surface area contributed by atoms with Gasteiger partial charge in [0.25, 0.3) is 0 Å². The van der Waals surface area contributed by atoms with Crippen molar-refractivity contribution in [3.05, 3.63) is 0 Å². The van der Waals surface area contributed by atoms with Crippen LogP contribution in [-0.2, 0) is 4.74 Å². The van der Waals surface area contributed by atoms with Crippen molar-refractivity contribution in [2.45, 2.75) is 75.8 Å². The molecule has 2 saturated heterocycles. The zero-order valence-corrected chi connectivity index (χ0v) is 13.0. The second-order valence-corrected chi connectivity index (χ2v) is 7.10. The van der Waals surface area contributed by atoms with Gasteiger partial charge in [-0.2, -0.15) is 0 Å². The molecule has 0 amide bonds. The summed E-state index contributed by atoms with van der Waals surface area (Å²) in [6.45, 7) is 5.81. The first kappa shape index (κ1) is 14.8. The largest absolute Gasteiger partial charge is 0.381 e. The number of piperidine rings is 1. The number of ether oxygens (including phenoxy) is 1. The highest BCUT2D eigenvalue weighted by molar-refractivity contribution is 4.96. The minimum Gasteiger partial charge on any atom is -0.381 e. The molecule has 20 heavy (non-hydrogen) atoms. The molecular formula is C17H32N2O. The van der Waals surface area contributed by atoms with Crippen LogP contribution in [-0.4, -0.2) is 49.3 Å². The van der Waals surface area contributed by atoms with Gasteiger partial charge in [0, 0.05) is 31.3 Å². The maximum absolute atomic E-state index is 5.48. The van der Waals surface area contributed by atoms with Gasteiger partial charge in [-0.3, -0.25) is 4.90 Å². The van der Waals surface area contributed by atoms with Gasteiger partial charge in [0.2, 0.25) is 0 Å². The Morgan fingerprint density at radius 2 is 1.55 bits per heavy atom. The van der Waals surface area contributed by atoms with Gasteiger partial charge in [0.15, 0.2) is 0 Å². The first-order valence-electron chi connectivity index (χ1n) is 8.95. The monoisotopic (exact) mass is 280 g/mol. The van der Waals surface area contributed by atoms with E-state index >= 15 is 0 Å². The quantitative estimate of drug-likeness (QED) is 0.857. The molecule has 0 aromatic rings. The minimum absolute atomic E-state index is 0.483. The molecule has 2 heterocycles. The molecule has 1 saturated carbocycles. The molecule has 1 N–H and O–H groups in total. The highest BCUT2D eigenvalue weighted by atomic mass is 16.5. The van der Waals surface area contributed by atoms with Gasteiger partial charge in [0.05, 0.1) is 0 Å². The topological polar surface area (TPSA) is 24.5 Å². The van der Waals surface area contributed by atoms with Crippen molar-refractivity contribution in [1.82, 2.24) is 10.2 Å². The molecule has 116 valence electrons. The summed E-state index contributed by atoms with van der Waals surface area (Å²) >= 11 is 0. The summed E-state index contributed by atoms with van der Waals surface area (Å²) in [5.74, 6) is 0. The van der Waals surface area contributed by atoms with Crippen LogP contribution in [0.3, 0.4) is 0 Å². The van der Waals surface area contributed by atoms with Crippen molar-refractivity contribution < 1.29 is 4.74 Å². The van der Waals surface area contributed by atoms with Crippen molar-refractivity contribution >= 4 is 0 Å². The minimum atomic E-state index is 0.483. The standard InChI is InChI=1S/C17H32N2O/c1-3-9-17(10-4-1,19-11-5-2-6-12-19)15-18-16-7-13-20-14-8-16/h16,18H,1-15H2. The second-order valence-electron chi connectivity index (χ2n) is 7.10. The van der Waals surface area contributed by atoms with E-state index in [1.807, 2.05) is 0 Å². The molecule has 0 atom stereocenters. The van der Waals surface area contributed by atoms with Crippen LogP contribution in [0.2, 0.25) is 0 Å². The summed E-state index contributed by atoms with van der Waals surface area (Å²) in [5, 5.41) is 3.91. The second kappa shape index (κ2) is 7.24. The molecule has 3 rings (SSSR count). The van der Waals surface area contributed by atoms with E-state index in [1.165, 1.54) is 83.8 Å². The predicted molar refractivity (Wildman–Crippen MR) is 83.1 cm³/mol. The lowest BCUT2D eigenvalue weighted by Gasteiger charge is -2.49. The van der Waals surface area contributed by atoms with Crippen molar-refractivity contribution in [2.75, 3.05) is 32.8 Å². The van der Waals surface area contributed by atoms with E-state index in [-0.39, 0.29) is 0 Å². The molecule has 1 aliphatic carbocycles.